The number of rotatable bonds is 9. The van der Waals surface area contributed by atoms with Crippen LogP contribution in [0.1, 0.15) is 20.8 Å². The standard InChI is InChI=1S/C21H26O5S/c1-21(2,3)20(24)14-26-17-6-10-19(11-7-17)27-18-8-4-16(5-9-18)25-13-15(23)12-22/h4-11,15,22-23H,12-14H2,1-3H3. The monoisotopic (exact) mass is 390 g/mol. The number of benzene rings is 2. The maximum absolute atomic E-state index is 11.9. The zero-order valence-electron chi connectivity index (χ0n) is 15.8. The van der Waals surface area contributed by atoms with Crippen molar-refractivity contribution in [3.05, 3.63) is 48.5 Å². The van der Waals surface area contributed by atoms with Crippen molar-refractivity contribution in [2.45, 2.75) is 36.7 Å². The Bertz CT molecular complexity index is 720. The zero-order valence-corrected chi connectivity index (χ0v) is 16.7. The minimum absolute atomic E-state index is 0.0577. The highest BCUT2D eigenvalue weighted by molar-refractivity contribution is 7.99. The van der Waals surface area contributed by atoms with Crippen LogP contribution in [0, 0.1) is 5.41 Å². The molecule has 0 aliphatic heterocycles. The van der Waals surface area contributed by atoms with E-state index in [1.165, 1.54) is 0 Å². The molecule has 27 heavy (non-hydrogen) atoms. The third-order valence-corrected chi connectivity index (χ3v) is 4.76. The second-order valence-electron chi connectivity index (χ2n) is 7.15. The van der Waals surface area contributed by atoms with E-state index in [0.717, 1.165) is 9.79 Å². The lowest BCUT2D eigenvalue weighted by Crippen LogP contribution is -2.26. The average molecular weight is 391 g/mol. The van der Waals surface area contributed by atoms with E-state index in [9.17, 15) is 9.90 Å². The Balaban J connectivity index is 1.86. The van der Waals surface area contributed by atoms with Gasteiger partial charge >= 0.3 is 0 Å². The second kappa shape index (κ2) is 9.78. The highest BCUT2D eigenvalue weighted by Crippen LogP contribution is 2.30. The number of Topliss-reactive ketones (excluding diaryl/α,β-unsaturated/α-hetero) is 1. The number of aliphatic hydroxyl groups is 2. The number of aliphatic hydroxyl groups excluding tert-OH is 2. The highest BCUT2D eigenvalue weighted by atomic mass is 32.2. The number of ether oxygens (including phenoxy) is 2. The molecule has 2 aromatic carbocycles. The first kappa shape index (κ1) is 21.3. The minimum Gasteiger partial charge on any atom is -0.491 e. The van der Waals surface area contributed by atoms with Crippen molar-refractivity contribution in [2.75, 3.05) is 19.8 Å². The number of hydrogen-bond donors (Lipinski definition) is 2. The Hall–Kier alpha value is -2.02. The van der Waals surface area contributed by atoms with E-state index >= 15 is 0 Å². The van der Waals surface area contributed by atoms with Gasteiger partial charge in [0, 0.05) is 15.2 Å². The molecule has 0 aliphatic rings. The molecule has 0 amide bonds. The Morgan fingerprint density at radius 3 is 1.89 bits per heavy atom. The van der Waals surface area contributed by atoms with Crippen molar-refractivity contribution in [1.82, 2.24) is 0 Å². The van der Waals surface area contributed by atoms with Crippen LogP contribution < -0.4 is 9.47 Å². The third-order valence-electron chi connectivity index (χ3n) is 3.74. The van der Waals surface area contributed by atoms with Gasteiger partial charge < -0.3 is 19.7 Å². The first-order valence-electron chi connectivity index (χ1n) is 8.74. The molecular formula is C21H26O5S. The maximum atomic E-state index is 11.9. The molecule has 6 heteroatoms. The summed E-state index contributed by atoms with van der Waals surface area (Å²) in [5.74, 6) is 1.37. The summed E-state index contributed by atoms with van der Waals surface area (Å²) >= 11 is 1.60. The molecule has 0 bridgehead atoms. The summed E-state index contributed by atoms with van der Waals surface area (Å²) in [6.45, 7) is 5.44. The van der Waals surface area contributed by atoms with Gasteiger partial charge in [-0.15, -0.1) is 0 Å². The summed E-state index contributed by atoms with van der Waals surface area (Å²) in [5, 5.41) is 18.1. The van der Waals surface area contributed by atoms with Crippen LogP contribution in [0.5, 0.6) is 11.5 Å². The predicted molar refractivity (Wildman–Crippen MR) is 106 cm³/mol. The lowest BCUT2D eigenvalue weighted by molar-refractivity contribution is -0.128. The SMILES string of the molecule is CC(C)(C)C(=O)COc1ccc(Sc2ccc(OCC(O)CO)cc2)cc1. The molecule has 0 aromatic heterocycles. The number of carbonyl (C=O) groups excluding carboxylic acids is 1. The molecule has 2 N–H and O–H groups in total. The van der Waals surface area contributed by atoms with Crippen LogP contribution >= 0.6 is 11.8 Å². The summed E-state index contributed by atoms with van der Waals surface area (Å²) in [6, 6.07) is 15.1. The minimum atomic E-state index is -0.876. The fraction of sp³-hybridized carbons (Fsp3) is 0.381. The van der Waals surface area contributed by atoms with E-state index in [4.69, 9.17) is 14.6 Å². The van der Waals surface area contributed by atoms with Crippen LogP contribution in [0.15, 0.2) is 58.3 Å². The Morgan fingerprint density at radius 2 is 1.44 bits per heavy atom. The van der Waals surface area contributed by atoms with Gasteiger partial charge in [0.2, 0.25) is 0 Å². The van der Waals surface area contributed by atoms with Gasteiger partial charge in [0.05, 0.1) is 6.61 Å². The van der Waals surface area contributed by atoms with Crippen molar-refractivity contribution in [3.8, 4) is 11.5 Å². The maximum Gasteiger partial charge on any atom is 0.175 e. The Morgan fingerprint density at radius 1 is 0.963 bits per heavy atom. The molecule has 146 valence electrons. The fourth-order valence-electron chi connectivity index (χ4n) is 1.95. The lowest BCUT2D eigenvalue weighted by atomic mass is 9.91. The van der Waals surface area contributed by atoms with Crippen molar-refractivity contribution in [1.29, 1.82) is 0 Å². The van der Waals surface area contributed by atoms with Crippen molar-refractivity contribution in [2.24, 2.45) is 5.41 Å². The summed E-state index contributed by atoms with van der Waals surface area (Å²) in [4.78, 5) is 14.0. The molecule has 5 nitrogen and oxygen atoms in total. The van der Waals surface area contributed by atoms with Crippen LogP contribution in [-0.4, -0.2) is 41.9 Å². The summed E-state index contributed by atoms with van der Waals surface area (Å²) in [6.07, 6.45) is -0.876. The van der Waals surface area contributed by atoms with E-state index in [0.29, 0.717) is 11.5 Å². The van der Waals surface area contributed by atoms with Crippen LogP contribution in [-0.2, 0) is 4.79 Å². The van der Waals surface area contributed by atoms with Crippen LogP contribution in [0.25, 0.3) is 0 Å². The molecule has 2 aromatic rings. The van der Waals surface area contributed by atoms with Crippen LogP contribution in [0.3, 0.4) is 0 Å². The van der Waals surface area contributed by atoms with Gasteiger partial charge in [-0.2, -0.15) is 0 Å². The van der Waals surface area contributed by atoms with Gasteiger partial charge in [-0.25, -0.2) is 0 Å². The second-order valence-corrected chi connectivity index (χ2v) is 8.30. The van der Waals surface area contributed by atoms with Gasteiger partial charge in [-0.3, -0.25) is 4.79 Å². The van der Waals surface area contributed by atoms with Gasteiger partial charge in [-0.05, 0) is 48.5 Å². The Kier molecular flexibility index (Phi) is 7.71. The first-order chi connectivity index (χ1) is 12.8. The highest BCUT2D eigenvalue weighted by Gasteiger charge is 2.21. The van der Waals surface area contributed by atoms with Crippen molar-refractivity contribution in [3.63, 3.8) is 0 Å². The van der Waals surface area contributed by atoms with E-state index in [2.05, 4.69) is 0 Å². The quantitative estimate of drug-likeness (QED) is 0.682. The molecule has 1 atom stereocenters. The van der Waals surface area contributed by atoms with E-state index in [1.54, 1.807) is 11.8 Å². The van der Waals surface area contributed by atoms with Crippen LogP contribution in [0.2, 0.25) is 0 Å². The number of ketones is 1. The normalized spacial score (nSPS) is 12.5. The van der Waals surface area contributed by atoms with E-state index in [1.807, 2.05) is 69.3 Å². The zero-order chi connectivity index (χ0) is 19.9. The van der Waals surface area contributed by atoms with Crippen molar-refractivity contribution >= 4 is 17.5 Å². The molecule has 0 saturated carbocycles. The molecule has 2 rings (SSSR count). The largest absolute Gasteiger partial charge is 0.491 e. The molecule has 0 spiro atoms. The molecule has 1 unspecified atom stereocenters. The predicted octanol–water partition coefficient (Wildman–Crippen LogP) is 3.56. The van der Waals surface area contributed by atoms with Crippen LogP contribution in [0.4, 0.5) is 0 Å². The van der Waals surface area contributed by atoms with Gasteiger partial charge in [0.15, 0.2) is 5.78 Å². The average Bonchev–Trinajstić information content (AvgIpc) is 2.65. The number of hydrogen-bond acceptors (Lipinski definition) is 6. The van der Waals surface area contributed by atoms with Gasteiger partial charge in [0.25, 0.3) is 0 Å². The molecule has 0 saturated heterocycles. The molecule has 0 aliphatic carbocycles. The molecule has 0 heterocycles. The topological polar surface area (TPSA) is 76.0 Å². The summed E-state index contributed by atoms with van der Waals surface area (Å²) < 4.78 is 10.9. The summed E-state index contributed by atoms with van der Waals surface area (Å²) in [7, 11) is 0. The molecule has 0 radical (unpaired) electrons. The number of carbonyl (C=O) groups is 1. The molecular weight excluding hydrogens is 364 g/mol. The first-order valence-corrected chi connectivity index (χ1v) is 9.55. The smallest absolute Gasteiger partial charge is 0.175 e. The van der Waals surface area contributed by atoms with Crippen molar-refractivity contribution < 1.29 is 24.5 Å². The van der Waals surface area contributed by atoms with Gasteiger partial charge in [0.1, 0.15) is 30.8 Å². The summed E-state index contributed by atoms with van der Waals surface area (Å²) in [5.41, 5.74) is -0.401. The lowest BCUT2D eigenvalue weighted by Gasteiger charge is -2.16. The van der Waals surface area contributed by atoms with E-state index in [-0.39, 0.29) is 25.6 Å². The fourth-order valence-corrected chi connectivity index (χ4v) is 2.77. The third kappa shape index (κ3) is 7.25. The van der Waals surface area contributed by atoms with Gasteiger partial charge in [-0.1, -0.05) is 32.5 Å². The molecule has 0 fully saturated rings. The van der Waals surface area contributed by atoms with E-state index < -0.39 is 11.5 Å². The Labute approximate surface area is 164 Å².